The molecule has 126 valence electrons. The maximum absolute atomic E-state index is 13.6. The second-order valence-corrected chi connectivity index (χ2v) is 6.17. The minimum atomic E-state index is -0.697. The zero-order valence-electron chi connectivity index (χ0n) is 12.5. The number of halogens is 3. The average Bonchev–Trinajstić information content (AvgIpc) is 3.20. The molecule has 0 saturated carbocycles. The van der Waals surface area contributed by atoms with Crippen LogP contribution in [-0.2, 0) is 11.2 Å². The maximum Gasteiger partial charge on any atom is 0.343 e. The van der Waals surface area contributed by atoms with Crippen LogP contribution in [0.4, 0.5) is 4.39 Å². The number of nitrogens with zero attached hydrogens (tertiary/aromatic N) is 2. The highest BCUT2D eigenvalue weighted by Crippen LogP contribution is 2.37. The smallest absolute Gasteiger partial charge is 0.343 e. The predicted molar refractivity (Wildman–Crippen MR) is 88.0 cm³/mol. The van der Waals surface area contributed by atoms with Crippen molar-refractivity contribution in [3.05, 3.63) is 69.5 Å². The monoisotopic (exact) mass is 378 g/mol. The van der Waals surface area contributed by atoms with E-state index in [9.17, 15) is 9.18 Å². The molecule has 4 rings (SSSR count). The van der Waals surface area contributed by atoms with Gasteiger partial charge in [0.05, 0.1) is 11.3 Å². The fraction of sp³-hybridized carbons (Fsp3) is 0.118. The van der Waals surface area contributed by atoms with Crippen molar-refractivity contribution < 1.29 is 18.3 Å². The number of hydrogen-bond acceptors (Lipinski definition) is 5. The molecule has 1 aromatic carbocycles. The molecule has 2 aromatic heterocycles. The normalized spacial score (nSPS) is 16.0. The molecular weight excluding hydrogens is 370 g/mol. The molecule has 0 spiro atoms. The van der Waals surface area contributed by atoms with E-state index in [1.54, 1.807) is 18.2 Å². The minimum absolute atomic E-state index is 0.0260. The van der Waals surface area contributed by atoms with Gasteiger partial charge in [-0.2, -0.15) is 0 Å². The van der Waals surface area contributed by atoms with Crippen LogP contribution in [0.15, 0.2) is 41.0 Å². The Morgan fingerprint density at radius 2 is 2.04 bits per heavy atom. The number of carbonyl (C=O) groups is 1. The van der Waals surface area contributed by atoms with Crippen molar-refractivity contribution in [3.8, 4) is 11.5 Å². The van der Waals surface area contributed by atoms with E-state index in [0.29, 0.717) is 17.0 Å². The molecule has 1 aliphatic rings. The molecule has 0 fully saturated rings. The first kappa shape index (κ1) is 16.1. The van der Waals surface area contributed by atoms with Gasteiger partial charge in [0.15, 0.2) is 5.76 Å². The Balaban J connectivity index is 1.76. The highest BCUT2D eigenvalue weighted by Gasteiger charge is 2.37. The molecule has 3 aromatic rings. The number of hydrogen-bond donors (Lipinski definition) is 0. The van der Waals surface area contributed by atoms with E-state index in [2.05, 4.69) is 9.97 Å². The van der Waals surface area contributed by atoms with Gasteiger partial charge >= 0.3 is 5.97 Å². The Labute approximate surface area is 151 Å². The lowest BCUT2D eigenvalue weighted by Gasteiger charge is -2.10. The summed E-state index contributed by atoms with van der Waals surface area (Å²) in [6.45, 7) is 0. The zero-order chi connectivity index (χ0) is 17.6. The SMILES string of the molecule is O=C1OC(Cc2ccc(Cl)c(F)c2)c2nc(Cl)nc(-c3ccco3)c21. The average molecular weight is 379 g/mol. The summed E-state index contributed by atoms with van der Waals surface area (Å²) >= 11 is 11.7. The van der Waals surface area contributed by atoms with E-state index >= 15 is 0 Å². The number of cyclic esters (lactones) is 1. The summed E-state index contributed by atoms with van der Waals surface area (Å²) < 4.78 is 24.4. The van der Waals surface area contributed by atoms with Gasteiger partial charge in [-0.3, -0.25) is 0 Å². The largest absolute Gasteiger partial charge is 0.463 e. The van der Waals surface area contributed by atoms with Crippen LogP contribution < -0.4 is 0 Å². The van der Waals surface area contributed by atoms with E-state index < -0.39 is 17.9 Å². The topological polar surface area (TPSA) is 65.2 Å². The molecule has 0 amide bonds. The van der Waals surface area contributed by atoms with Gasteiger partial charge < -0.3 is 9.15 Å². The molecule has 1 unspecified atom stereocenters. The summed E-state index contributed by atoms with van der Waals surface area (Å²) in [7, 11) is 0. The third kappa shape index (κ3) is 2.88. The lowest BCUT2D eigenvalue weighted by atomic mass is 10.0. The van der Waals surface area contributed by atoms with Gasteiger partial charge in [0.2, 0.25) is 5.28 Å². The molecule has 1 aliphatic heterocycles. The molecule has 1 atom stereocenters. The summed E-state index contributed by atoms with van der Waals surface area (Å²) in [6.07, 6.45) is 1.00. The number of carbonyl (C=O) groups excluding carboxylic acids is 1. The zero-order valence-corrected chi connectivity index (χ0v) is 14.0. The number of benzene rings is 1. The molecule has 8 heteroatoms. The van der Waals surface area contributed by atoms with Gasteiger partial charge in [-0.05, 0) is 41.4 Å². The Morgan fingerprint density at radius 1 is 1.20 bits per heavy atom. The summed E-state index contributed by atoms with van der Waals surface area (Å²) in [5.74, 6) is -0.728. The van der Waals surface area contributed by atoms with Crippen molar-refractivity contribution in [2.75, 3.05) is 0 Å². The van der Waals surface area contributed by atoms with Gasteiger partial charge in [-0.15, -0.1) is 0 Å². The van der Waals surface area contributed by atoms with Crippen molar-refractivity contribution in [2.45, 2.75) is 12.5 Å². The first-order valence-electron chi connectivity index (χ1n) is 7.29. The number of fused-ring (bicyclic) bond motifs is 1. The number of ether oxygens (including phenoxy) is 1. The van der Waals surface area contributed by atoms with Gasteiger partial charge in [0.25, 0.3) is 0 Å². The Kier molecular flexibility index (Phi) is 3.94. The molecule has 5 nitrogen and oxygen atoms in total. The summed E-state index contributed by atoms with van der Waals surface area (Å²) in [6, 6.07) is 7.74. The molecule has 0 bridgehead atoms. The first-order valence-corrected chi connectivity index (χ1v) is 8.04. The second-order valence-electron chi connectivity index (χ2n) is 5.43. The summed E-state index contributed by atoms with van der Waals surface area (Å²) in [5, 5.41) is -0.00576. The van der Waals surface area contributed by atoms with Crippen LogP contribution in [-0.4, -0.2) is 15.9 Å². The van der Waals surface area contributed by atoms with E-state index in [-0.39, 0.29) is 28.0 Å². The summed E-state index contributed by atoms with van der Waals surface area (Å²) in [5.41, 5.74) is 1.45. The van der Waals surface area contributed by atoms with E-state index in [1.807, 2.05) is 0 Å². The quantitative estimate of drug-likeness (QED) is 0.490. The molecular formula is C17H9Cl2FN2O3. The van der Waals surface area contributed by atoms with Crippen molar-refractivity contribution >= 4 is 29.2 Å². The number of aromatic nitrogens is 2. The van der Waals surface area contributed by atoms with Crippen LogP contribution in [0.2, 0.25) is 10.3 Å². The van der Waals surface area contributed by atoms with Crippen molar-refractivity contribution in [3.63, 3.8) is 0 Å². The van der Waals surface area contributed by atoms with Crippen LogP contribution in [0.3, 0.4) is 0 Å². The van der Waals surface area contributed by atoms with Crippen LogP contribution in [0.1, 0.15) is 27.7 Å². The molecule has 25 heavy (non-hydrogen) atoms. The van der Waals surface area contributed by atoms with Gasteiger partial charge in [0, 0.05) is 6.42 Å². The van der Waals surface area contributed by atoms with Crippen LogP contribution in [0.25, 0.3) is 11.5 Å². The highest BCUT2D eigenvalue weighted by atomic mass is 35.5. The van der Waals surface area contributed by atoms with Gasteiger partial charge in [-0.1, -0.05) is 17.7 Å². The van der Waals surface area contributed by atoms with Gasteiger partial charge in [0.1, 0.15) is 28.9 Å². The predicted octanol–water partition coefficient (Wildman–Crippen LogP) is 4.64. The maximum atomic E-state index is 13.6. The van der Waals surface area contributed by atoms with Crippen LogP contribution in [0, 0.1) is 5.82 Å². The fourth-order valence-electron chi connectivity index (χ4n) is 2.74. The minimum Gasteiger partial charge on any atom is -0.463 e. The summed E-state index contributed by atoms with van der Waals surface area (Å²) in [4.78, 5) is 20.6. The third-order valence-corrected chi connectivity index (χ3v) is 4.30. The molecule has 3 heterocycles. The van der Waals surface area contributed by atoms with Crippen molar-refractivity contribution in [2.24, 2.45) is 0 Å². The van der Waals surface area contributed by atoms with Crippen LogP contribution in [0.5, 0.6) is 0 Å². The number of rotatable bonds is 3. The standard InChI is InChI=1S/C17H9Cl2FN2O3/c18-9-4-3-8(6-10(9)20)7-12-15-13(16(23)25-12)14(21-17(19)22-15)11-2-1-5-24-11/h1-6,12H,7H2. The lowest BCUT2D eigenvalue weighted by molar-refractivity contribution is 0.0382. The lowest BCUT2D eigenvalue weighted by Crippen LogP contribution is -2.05. The van der Waals surface area contributed by atoms with E-state index in [0.717, 1.165) is 0 Å². The van der Waals surface area contributed by atoms with Crippen molar-refractivity contribution in [1.29, 1.82) is 0 Å². The van der Waals surface area contributed by atoms with Crippen molar-refractivity contribution in [1.82, 2.24) is 9.97 Å². The first-order chi connectivity index (χ1) is 12.0. The Hall–Kier alpha value is -2.44. The second kappa shape index (κ2) is 6.13. The molecule has 0 N–H and O–H groups in total. The number of furan rings is 1. The highest BCUT2D eigenvalue weighted by molar-refractivity contribution is 6.30. The Morgan fingerprint density at radius 3 is 2.76 bits per heavy atom. The third-order valence-electron chi connectivity index (χ3n) is 3.83. The molecule has 0 radical (unpaired) electrons. The number of esters is 1. The van der Waals surface area contributed by atoms with E-state index in [1.165, 1.54) is 18.4 Å². The fourth-order valence-corrected chi connectivity index (χ4v) is 3.03. The van der Waals surface area contributed by atoms with Crippen LogP contribution >= 0.6 is 23.2 Å². The molecule has 0 aliphatic carbocycles. The molecule has 0 saturated heterocycles. The van der Waals surface area contributed by atoms with Gasteiger partial charge in [-0.25, -0.2) is 19.2 Å². The Bertz CT molecular complexity index is 976. The van der Waals surface area contributed by atoms with E-state index in [4.69, 9.17) is 32.4 Å².